The second-order valence-electron chi connectivity index (χ2n) is 7.87. The van der Waals surface area contributed by atoms with Gasteiger partial charge < -0.3 is 20.1 Å². The first-order chi connectivity index (χ1) is 17.3. The van der Waals surface area contributed by atoms with Crippen LogP contribution in [0.2, 0.25) is 0 Å². The molecule has 0 fully saturated rings. The first-order valence-electron chi connectivity index (χ1n) is 11.3. The summed E-state index contributed by atoms with van der Waals surface area (Å²) in [5, 5.41) is 9.13. The molecule has 0 bridgehead atoms. The number of nitrogens with one attached hydrogen (secondary N) is 3. The van der Waals surface area contributed by atoms with Crippen molar-refractivity contribution in [3.63, 3.8) is 0 Å². The number of nitrogens with zero attached hydrogens (tertiary/aromatic N) is 1. The maximum Gasteiger partial charge on any atom is 0.329 e. The number of aryl methyl sites for hydroxylation is 2. The quantitative estimate of drug-likeness (QED) is 0.241. The molecule has 0 radical (unpaired) electrons. The monoisotopic (exact) mass is 488 g/mol. The van der Waals surface area contributed by atoms with Gasteiger partial charge in [-0.3, -0.25) is 14.4 Å². The predicted octanol–water partition coefficient (Wildman–Crippen LogP) is 3.81. The van der Waals surface area contributed by atoms with E-state index in [2.05, 4.69) is 21.2 Å². The fourth-order valence-corrected chi connectivity index (χ4v) is 3.18. The largest absolute Gasteiger partial charge is 0.490 e. The van der Waals surface area contributed by atoms with Crippen LogP contribution in [-0.2, 0) is 14.4 Å². The molecule has 186 valence electrons. The fourth-order valence-electron chi connectivity index (χ4n) is 3.18. The van der Waals surface area contributed by atoms with Gasteiger partial charge in [0.2, 0.25) is 0 Å². The predicted molar refractivity (Wildman–Crippen MR) is 138 cm³/mol. The number of amides is 3. The van der Waals surface area contributed by atoms with Gasteiger partial charge in [-0.1, -0.05) is 24.3 Å². The molecule has 0 saturated heterocycles. The van der Waals surface area contributed by atoms with E-state index in [1.807, 2.05) is 45.0 Å². The second kappa shape index (κ2) is 12.7. The van der Waals surface area contributed by atoms with Crippen LogP contribution >= 0.6 is 0 Å². The molecule has 0 atom stereocenters. The van der Waals surface area contributed by atoms with Crippen LogP contribution in [0.4, 0.5) is 11.4 Å². The summed E-state index contributed by atoms with van der Waals surface area (Å²) in [7, 11) is 0. The summed E-state index contributed by atoms with van der Waals surface area (Å²) in [6.45, 7) is 5.82. The molecule has 3 aromatic rings. The van der Waals surface area contributed by atoms with Gasteiger partial charge in [0.25, 0.3) is 5.91 Å². The highest BCUT2D eigenvalue weighted by atomic mass is 16.5. The standard InChI is InChI=1S/C27H28N4O5/c1-4-35-24-15-20(16-28-31-27(34)26(33)30-22-10-6-8-19(3)14-22)11-12-23(24)36-17-25(32)29-21-9-5-7-18(2)13-21/h5-16H,4,17H2,1-3H3,(H,29,32)(H,30,33)(H,31,34)/b28-16-. The Morgan fingerprint density at radius 1 is 0.806 bits per heavy atom. The average molecular weight is 489 g/mol. The molecule has 0 aliphatic carbocycles. The lowest BCUT2D eigenvalue weighted by Gasteiger charge is -2.13. The second-order valence-corrected chi connectivity index (χ2v) is 7.87. The molecule has 0 unspecified atom stereocenters. The van der Waals surface area contributed by atoms with Crippen molar-refractivity contribution in [3.05, 3.63) is 83.4 Å². The van der Waals surface area contributed by atoms with Crippen molar-refractivity contribution in [2.24, 2.45) is 5.10 Å². The summed E-state index contributed by atoms with van der Waals surface area (Å²) in [5.41, 5.74) is 5.98. The number of hydrogen-bond acceptors (Lipinski definition) is 6. The highest BCUT2D eigenvalue weighted by Crippen LogP contribution is 2.28. The maximum atomic E-state index is 12.3. The van der Waals surface area contributed by atoms with Crippen molar-refractivity contribution in [2.45, 2.75) is 20.8 Å². The van der Waals surface area contributed by atoms with Crippen molar-refractivity contribution < 1.29 is 23.9 Å². The van der Waals surface area contributed by atoms with Crippen molar-refractivity contribution in [2.75, 3.05) is 23.8 Å². The van der Waals surface area contributed by atoms with E-state index in [0.717, 1.165) is 11.1 Å². The van der Waals surface area contributed by atoms with Gasteiger partial charge in [0.1, 0.15) is 0 Å². The third-order valence-electron chi connectivity index (χ3n) is 4.79. The normalized spacial score (nSPS) is 10.5. The molecule has 3 amide bonds. The molecule has 0 heterocycles. The summed E-state index contributed by atoms with van der Waals surface area (Å²) in [4.78, 5) is 36.3. The topological polar surface area (TPSA) is 118 Å². The van der Waals surface area contributed by atoms with Crippen LogP contribution < -0.4 is 25.5 Å². The van der Waals surface area contributed by atoms with Gasteiger partial charge in [-0.2, -0.15) is 5.10 Å². The van der Waals surface area contributed by atoms with Crippen LogP contribution in [0.5, 0.6) is 11.5 Å². The molecule has 9 nitrogen and oxygen atoms in total. The van der Waals surface area contributed by atoms with Crippen LogP contribution in [0.3, 0.4) is 0 Å². The Morgan fingerprint density at radius 2 is 1.47 bits per heavy atom. The number of ether oxygens (including phenoxy) is 2. The lowest BCUT2D eigenvalue weighted by Crippen LogP contribution is -2.32. The number of hydrazone groups is 1. The van der Waals surface area contributed by atoms with Gasteiger partial charge in [0, 0.05) is 11.4 Å². The number of hydrogen-bond donors (Lipinski definition) is 3. The molecular weight excluding hydrogens is 460 g/mol. The van der Waals surface area contributed by atoms with Gasteiger partial charge in [-0.15, -0.1) is 0 Å². The molecule has 0 aliphatic heterocycles. The Hall–Kier alpha value is -4.66. The molecule has 0 spiro atoms. The maximum absolute atomic E-state index is 12.3. The van der Waals surface area contributed by atoms with Gasteiger partial charge in [0.05, 0.1) is 12.8 Å². The molecule has 0 aromatic heterocycles. The molecule has 3 rings (SSSR count). The van der Waals surface area contributed by atoms with E-state index in [-0.39, 0.29) is 12.5 Å². The molecule has 3 N–H and O–H groups in total. The Bertz CT molecular complexity index is 1270. The molecule has 3 aromatic carbocycles. The SMILES string of the molecule is CCOc1cc(/C=N\NC(=O)C(=O)Nc2cccc(C)c2)ccc1OCC(=O)Nc1cccc(C)c1. The highest BCUT2D eigenvalue weighted by molar-refractivity contribution is 6.39. The van der Waals surface area contributed by atoms with Gasteiger partial charge in [-0.05, 0) is 79.9 Å². The zero-order valence-corrected chi connectivity index (χ0v) is 20.3. The number of carbonyl (C=O) groups excluding carboxylic acids is 3. The van der Waals surface area contributed by atoms with Gasteiger partial charge in [0.15, 0.2) is 18.1 Å². The first kappa shape index (κ1) is 26.0. The van der Waals surface area contributed by atoms with Gasteiger partial charge in [-0.25, -0.2) is 5.43 Å². The molecule has 0 saturated carbocycles. The molecule has 0 aliphatic rings. The molecular formula is C27H28N4O5. The van der Waals surface area contributed by atoms with Crippen molar-refractivity contribution in [3.8, 4) is 11.5 Å². The highest BCUT2D eigenvalue weighted by Gasteiger charge is 2.13. The Balaban J connectivity index is 1.56. The number of benzene rings is 3. The summed E-state index contributed by atoms with van der Waals surface area (Å²) in [6.07, 6.45) is 1.37. The molecule has 36 heavy (non-hydrogen) atoms. The van der Waals surface area contributed by atoms with Crippen molar-refractivity contribution in [1.82, 2.24) is 5.43 Å². The minimum Gasteiger partial charge on any atom is -0.490 e. The summed E-state index contributed by atoms with van der Waals surface area (Å²) in [6, 6.07) is 19.5. The minimum atomic E-state index is -0.905. The summed E-state index contributed by atoms with van der Waals surface area (Å²) >= 11 is 0. The average Bonchev–Trinajstić information content (AvgIpc) is 2.83. The van der Waals surface area contributed by atoms with Crippen LogP contribution in [-0.4, -0.2) is 37.1 Å². The summed E-state index contributed by atoms with van der Waals surface area (Å²) in [5.74, 6) is -1.25. The fraction of sp³-hybridized carbons (Fsp3) is 0.185. The number of carbonyl (C=O) groups is 3. The van der Waals surface area contributed by atoms with E-state index in [9.17, 15) is 14.4 Å². The number of anilines is 2. The Labute approximate surface area is 209 Å². The van der Waals surface area contributed by atoms with Crippen LogP contribution in [0.1, 0.15) is 23.6 Å². The van der Waals surface area contributed by atoms with E-state index in [1.165, 1.54) is 6.21 Å². The minimum absolute atomic E-state index is 0.201. The van der Waals surface area contributed by atoms with E-state index < -0.39 is 11.8 Å². The lowest BCUT2D eigenvalue weighted by atomic mass is 10.2. The lowest BCUT2D eigenvalue weighted by molar-refractivity contribution is -0.136. The zero-order valence-electron chi connectivity index (χ0n) is 20.3. The van der Waals surface area contributed by atoms with Crippen molar-refractivity contribution in [1.29, 1.82) is 0 Å². The van der Waals surface area contributed by atoms with Crippen LogP contribution in [0.25, 0.3) is 0 Å². The van der Waals surface area contributed by atoms with E-state index >= 15 is 0 Å². The zero-order chi connectivity index (χ0) is 25.9. The van der Waals surface area contributed by atoms with Crippen LogP contribution in [0.15, 0.2) is 71.8 Å². The first-order valence-corrected chi connectivity index (χ1v) is 11.3. The third kappa shape index (κ3) is 7.98. The molecule has 9 heteroatoms. The Kier molecular flexibility index (Phi) is 9.16. The summed E-state index contributed by atoms with van der Waals surface area (Å²) < 4.78 is 11.3. The van der Waals surface area contributed by atoms with Crippen molar-refractivity contribution >= 4 is 35.3 Å². The smallest absolute Gasteiger partial charge is 0.329 e. The van der Waals surface area contributed by atoms with Gasteiger partial charge >= 0.3 is 11.8 Å². The van der Waals surface area contributed by atoms with E-state index in [4.69, 9.17) is 9.47 Å². The van der Waals surface area contributed by atoms with Crippen LogP contribution in [0, 0.1) is 13.8 Å². The third-order valence-corrected chi connectivity index (χ3v) is 4.79. The number of rotatable bonds is 9. The van der Waals surface area contributed by atoms with E-state index in [1.54, 1.807) is 42.5 Å². The van der Waals surface area contributed by atoms with E-state index in [0.29, 0.717) is 35.0 Å². The Morgan fingerprint density at radius 3 is 2.11 bits per heavy atom.